The molecule has 1 saturated heterocycles. The van der Waals surface area contributed by atoms with Gasteiger partial charge in [0.15, 0.2) is 0 Å². The fraction of sp³-hybridized carbons (Fsp3) is 0.846. The van der Waals surface area contributed by atoms with Crippen LogP contribution in [0.4, 0.5) is 0 Å². The molecule has 0 aromatic carbocycles. The summed E-state index contributed by atoms with van der Waals surface area (Å²) in [6.07, 6.45) is 3.24. The minimum atomic E-state index is -0.726. The highest BCUT2D eigenvalue weighted by atomic mass is 16.4. The summed E-state index contributed by atoms with van der Waals surface area (Å²) in [4.78, 5) is 25.0. The Morgan fingerprint density at radius 1 is 1.33 bits per heavy atom. The Morgan fingerprint density at radius 2 is 1.89 bits per heavy atom. The lowest BCUT2D eigenvalue weighted by atomic mass is 9.75. The van der Waals surface area contributed by atoms with E-state index in [1.54, 1.807) is 4.90 Å². The Morgan fingerprint density at radius 3 is 2.28 bits per heavy atom. The number of carboxylic acid groups (broad SMARTS) is 1. The monoisotopic (exact) mass is 256 g/mol. The van der Waals surface area contributed by atoms with E-state index in [0.717, 1.165) is 6.42 Å². The number of nitrogens with two attached hydrogens (primary N) is 1. The van der Waals surface area contributed by atoms with Crippen molar-refractivity contribution in [2.75, 3.05) is 13.1 Å². The number of aliphatic carboxylic acids is 1. The number of piperidine rings is 1. The van der Waals surface area contributed by atoms with E-state index in [1.807, 2.05) is 13.8 Å². The van der Waals surface area contributed by atoms with Crippen molar-refractivity contribution < 1.29 is 14.7 Å². The highest BCUT2D eigenvalue weighted by Gasteiger charge is 2.41. The average molecular weight is 256 g/mol. The van der Waals surface area contributed by atoms with Crippen LogP contribution in [0.25, 0.3) is 0 Å². The van der Waals surface area contributed by atoms with Crippen LogP contribution in [0.5, 0.6) is 0 Å². The maximum atomic E-state index is 11.9. The number of hydrogen-bond acceptors (Lipinski definition) is 3. The van der Waals surface area contributed by atoms with E-state index in [1.165, 1.54) is 0 Å². The smallest absolute Gasteiger partial charge is 0.309 e. The standard InChI is InChI=1S/C13H24N2O3/c1-3-5-13(12(17)18)6-8-15(9-7-13)11(16)10(14)4-2/h10H,3-9,14H2,1-2H3,(H,17,18)/t10-/m1/s1. The summed E-state index contributed by atoms with van der Waals surface area (Å²) in [5.74, 6) is -0.774. The Kier molecular flexibility index (Phi) is 5.14. The summed E-state index contributed by atoms with van der Waals surface area (Å²) in [5, 5.41) is 9.37. The summed E-state index contributed by atoms with van der Waals surface area (Å²) in [5.41, 5.74) is 5.09. The van der Waals surface area contributed by atoms with Crippen LogP contribution in [-0.4, -0.2) is 41.0 Å². The molecule has 0 saturated carbocycles. The fourth-order valence-electron chi connectivity index (χ4n) is 2.61. The van der Waals surface area contributed by atoms with Gasteiger partial charge in [-0.1, -0.05) is 20.3 Å². The Hall–Kier alpha value is -1.10. The highest BCUT2D eigenvalue weighted by Crippen LogP contribution is 2.36. The molecule has 1 amide bonds. The molecule has 0 aliphatic carbocycles. The van der Waals surface area contributed by atoms with E-state index in [2.05, 4.69) is 0 Å². The molecule has 0 radical (unpaired) electrons. The van der Waals surface area contributed by atoms with E-state index in [0.29, 0.717) is 38.8 Å². The number of hydrogen-bond donors (Lipinski definition) is 2. The number of likely N-dealkylation sites (tertiary alicyclic amines) is 1. The first-order valence-electron chi connectivity index (χ1n) is 6.74. The second kappa shape index (κ2) is 6.18. The van der Waals surface area contributed by atoms with Gasteiger partial charge in [0, 0.05) is 13.1 Å². The fourth-order valence-corrected chi connectivity index (χ4v) is 2.61. The first-order valence-corrected chi connectivity index (χ1v) is 6.74. The molecular formula is C13H24N2O3. The van der Waals surface area contributed by atoms with Crippen LogP contribution < -0.4 is 5.73 Å². The Labute approximate surface area is 108 Å². The number of rotatable bonds is 5. The maximum Gasteiger partial charge on any atom is 0.309 e. The van der Waals surface area contributed by atoms with Crippen LogP contribution in [0.3, 0.4) is 0 Å². The summed E-state index contributed by atoms with van der Waals surface area (Å²) < 4.78 is 0. The van der Waals surface area contributed by atoms with Crippen molar-refractivity contribution in [3.05, 3.63) is 0 Å². The van der Waals surface area contributed by atoms with Crippen LogP contribution in [0.2, 0.25) is 0 Å². The molecule has 5 heteroatoms. The molecular weight excluding hydrogens is 232 g/mol. The minimum absolute atomic E-state index is 0.0482. The normalized spacial score (nSPS) is 20.5. The lowest BCUT2D eigenvalue weighted by Gasteiger charge is -2.39. The van der Waals surface area contributed by atoms with E-state index < -0.39 is 17.4 Å². The highest BCUT2D eigenvalue weighted by molar-refractivity contribution is 5.82. The van der Waals surface area contributed by atoms with Crippen LogP contribution in [0.15, 0.2) is 0 Å². The van der Waals surface area contributed by atoms with Gasteiger partial charge in [0.05, 0.1) is 11.5 Å². The molecule has 1 heterocycles. The molecule has 0 bridgehead atoms. The number of carbonyl (C=O) groups excluding carboxylic acids is 1. The third-order valence-corrected chi connectivity index (χ3v) is 3.97. The number of nitrogens with zero attached hydrogens (tertiary/aromatic N) is 1. The number of amides is 1. The molecule has 1 rings (SSSR count). The van der Waals surface area contributed by atoms with E-state index >= 15 is 0 Å². The van der Waals surface area contributed by atoms with Crippen molar-refractivity contribution in [3.8, 4) is 0 Å². The molecule has 104 valence electrons. The predicted octanol–water partition coefficient (Wildman–Crippen LogP) is 1.22. The van der Waals surface area contributed by atoms with Crippen LogP contribution in [0.1, 0.15) is 46.0 Å². The number of carbonyl (C=O) groups is 2. The second-order valence-corrected chi connectivity index (χ2v) is 5.18. The van der Waals surface area contributed by atoms with Crippen molar-refractivity contribution >= 4 is 11.9 Å². The molecule has 0 aromatic rings. The molecule has 1 fully saturated rings. The first-order chi connectivity index (χ1) is 8.46. The molecule has 0 aromatic heterocycles. The SMILES string of the molecule is CCCC1(C(=O)O)CCN(C(=O)[C@H](N)CC)CC1. The van der Waals surface area contributed by atoms with Gasteiger partial charge in [-0.05, 0) is 25.7 Å². The van der Waals surface area contributed by atoms with Crippen LogP contribution in [0, 0.1) is 5.41 Å². The molecule has 1 atom stereocenters. The summed E-state index contributed by atoms with van der Waals surface area (Å²) in [7, 11) is 0. The largest absolute Gasteiger partial charge is 0.481 e. The van der Waals surface area contributed by atoms with Gasteiger partial charge in [-0.25, -0.2) is 0 Å². The molecule has 3 N–H and O–H groups in total. The van der Waals surface area contributed by atoms with Crippen LogP contribution >= 0.6 is 0 Å². The van der Waals surface area contributed by atoms with Crippen molar-refractivity contribution in [2.45, 2.75) is 52.0 Å². The van der Waals surface area contributed by atoms with E-state index in [9.17, 15) is 14.7 Å². The van der Waals surface area contributed by atoms with Gasteiger partial charge in [-0.3, -0.25) is 9.59 Å². The Bertz CT molecular complexity index is 309. The van der Waals surface area contributed by atoms with E-state index in [-0.39, 0.29) is 5.91 Å². The van der Waals surface area contributed by atoms with Gasteiger partial charge < -0.3 is 15.7 Å². The quantitative estimate of drug-likeness (QED) is 0.774. The van der Waals surface area contributed by atoms with Gasteiger partial charge >= 0.3 is 5.97 Å². The van der Waals surface area contributed by atoms with Gasteiger partial charge in [0.1, 0.15) is 0 Å². The van der Waals surface area contributed by atoms with Gasteiger partial charge in [0.25, 0.3) is 0 Å². The van der Waals surface area contributed by atoms with Gasteiger partial charge in [-0.2, -0.15) is 0 Å². The van der Waals surface area contributed by atoms with Gasteiger partial charge in [0.2, 0.25) is 5.91 Å². The molecule has 0 unspecified atom stereocenters. The first kappa shape index (κ1) is 15.0. The second-order valence-electron chi connectivity index (χ2n) is 5.18. The third-order valence-electron chi connectivity index (χ3n) is 3.97. The van der Waals surface area contributed by atoms with E-state index in [4.69, 9.17) is 5.73 Å². The average Bonchev–Trinajstić information content (AvgIpc) is 2.38. The molecule has 5 nitrogen and oxygen atoms in total. The van der Waals surface area contributed by atoms with Crippen molar-refractivity contribution in [3.63, 3.8) is 0 Å². The minimum Gasteiger partial charge on any atom is -0.481 e. The topological polar surface area (TPSA) is 83.6 Å². The zero-order valence-corrected chi connectivity index (χ0v) is 11.3. The van der Waals surface area contributed by atoms with Gasteiger partial charge in [-0.15, -0.1) is 0 Å². The van der Waals surface area contributed by atoms with Crippen molar-refractivity contribution in [1.82, 2.24) is 4.90 Å². The zero-order valence-electron chi connectivity index (χ0n) is 11.3. The third kappa shape index (κ3) is 3.02. The molecule has 1 aliphatic rings. The lowest BCUT2D eigenvalue weighted by molar-refractivity contribution is -0.155. The van der Waals surface area contributed by atoms with Crippen LogP contribution in [-0.2, 0) is 9.59 Å². The number of carboxylic acids is 1. The lowest BCUT2D eigenvalue weighted by Crippen LogP contribution is -2.51. The summed E-state index contributed by atoms with van der Waals surface area (Å²) >= 11 is 0. The predicted molar refractivity (Wildman–Crippen MR) is 69.1 cm³/mol. The van der Waals surface area contributed by atoms with Crippen molar-refractivity contribution in [2.24, 2.45) is 11.1 Å². The Balaban J connectivity index is 2.63. The maximum absolute atomic E-state index is 11.9. The molecule has 0 spiro atoms. The zero-order chi connectivity index (χ0) is 13.8. The molecule has 18 heavy (non-hydrogen) atoms. The summed E-state index contributed by atoms with van der Waals surface area (Å²) in [6.45, 7) is 4.90. The molecule has 1 aliphatic heterocycles. The summed E-state index contributed by atoms with van der Waals surface area (Å²) in [6, 6.07) is -0.450. The van der Waals surface area contributed by atoms with Crippen molar-refractivity contribution in [1.29, 1.82) is 0 Å².